The van der Waals surface area contributed by atoms with E-state index in [4.69, 9.17) is 0 Å². The van der Waals surface area contributed by atoms with Crippen molar-refractivity contribution in [3.63, 3.8) is 0 Å². The summed E-state index contributed by atoms with van der Waals surface area (Å²) in [7, 11) is 0. The maximum absolute atomic E-state index is 2.56. The molecule has 0 bridgehead atoms. The minimum Gasteiger partial charge on any atom is -0.0622 e. The molecule has 0 nitrogen and oxygen atoms in total. The normalized spacial score (nSPS) is 33.8. The van der Waals surface area contributed by atoms with Gasteiger partial charge in [0, 0.05) is 0 Å². The molecule has 0 spiro atoms. The van der Waals surface area contributed by atoms with Gasteiger partial charge in [-0.1, -0.05) is 90.4 Å². The van der Waals surface area contributed by atoms with E-state index in [2.05, 4.69) is 6.92 Å². The Balaban J connectivity index is 1.91. The van der Waals surface area contributed by atoms with Gasteiger partial charge in [-0.15, -0.1) is 0 Å². The average molecular weight is 250 g/mol. The monoisotopic (exact) mass is 250 g/mol. The van der Waals surface area contributed by atoms with Crippen molar-refractivity contribution < 1.29 is 0 Å². The highest BCUT2D eigenvalue weighted by molar-refractivity contribution is 4.78. The molecule has 2 fully saturated rings. The van der Waals surface area contributed by atoms with Crippen LogP contribution in [0.3, 0.4) is 0 Å². The lowest BCUT2D eigenvalue weighted by molar-refractivity contribution is 0.172. The molecule has 0 radical (unpaired) electrons. The molecule has 2 aliphatic rings. The first-order chi connectivity index (χ1) is 8.88. The molecule has 2 aliphatic carbocycles. The highest BCUT2D eigenvalue weighted by Gasteiger charge is 2.26. The molecule has 0 aromatic heterocycles. The van der Waals surface area contributed by atoms with Crippen molar-refractivity contribution in [3.8, 4) is 0 Å². The maximum Gasteiger partial charge on any atom is -0.0360 e. The van der Waals surface area contributed by atoms with Crippen LogP contribution in [0.5, 0.6) is 0 Å². The third-order valence-corrected chi connectivity index (χ3v) is 5.68. The Bertz CT molecular complexity index is 198. The van der Waals surface area contributed by atoms with Crippen molar-refractivity contribution in [1.29, 1.82) is 0 Å². The van der Waals surface area contributed by atoms with Crippen LogP contribution in [0.4, 0.5) is 0 Å². The molecule has 0 aromatic rings. The van der Waals surface area contributed by atoms with Crippen molar-refractivity contribution in [2.24, 2.45) is 17.8 Å². The minimum atomic E-state index is 1.01. The van der Waals surface area contributed by atoms with Gasteiger partial charge in [0.05, 0.1) is 0 Å². The Labute approximate surface area is 115 Å². The van der Waals surface area contributed by atoms with E-state index in [0.29, 0.717) is 0 Å². The van der Waals surface area contributed by atoms with E-state index < -0.39 is 0 Å². The first-order valence-corrected chi connectivity index (χ1v) is 8.88. The van der Waals surface area contributed by atoms with Crippen LogP contribution in [0, 0.1) is 17.8 Å². The lowest BCUT2D eigenvalue weighted by atomic mass is 9.72. The zero-order chi connectivity index (χ0) is 12.6. The SMILES string of the molecule is CC1CCCCCCC1C1CCCCCCCC1. The lowest BCUT2D eigenvalue weighted by Gasteiger charge is -2.34. The van der Waals surface area contributed by atoms with Crippen LogP contribution in [-0.2, 0) is 0 Å². The summed E-state index contributed by atoms with van der Waals surface area (Å²) in [4.78, 5) is 0. The summed E-state index contributed by atoms with van der Waals surface area (Å²) in [5, 5.41) is 0. The van der Waals surface area contributed by atoms with Crippen LogP contribution < -0.4 is 0 Å². The summed E-state index contributed by atoms with van der Waals surface area (Å²) in [6.07, 6.45) is 21.3. The molecule has 2 unspecified atom stereocenters. The number of rotatable bonds is 1. The molecule has 0 N–H and O–H groups in total. The Hall–Kier alpha value is 0. The third-order valence-electron chi connectivity index (χ3n) is 5.68. The molecule has 2 atom stereocenters. The van der Waals surface area contributed by atoms with Gasteiger partial charge in [-0.3, -0.25) is 0 Å². The molecule has 0 heterocycles. The molecule has 0 amide bonds. The largest absolute Gasteiger partial charge is 0.0622 e. The molecule has 2 saturated carbocycles. The van der Waals surface area contributed by atoms with Crippen LogP contribution in [0.1, 0.15) is 96.8 Å². The van der Waals surface area contributed by atoms with Gasteiger partial charge in [0.15, 0.2) is 0 Å². The Kier molecular flexibility index (Phi) is 6.59. The predicted octanol–water partition coefficient (Wildman–Crippen LogP) is 6.34. The second kappa shape index (κ2) is 8.23. The van der Waals surface area contributed by atoms with Crippen molar-refractivity contribution >= 4 is 0 Å². The molecule has 0 aromatic carbocycles. The molecule has 106 valence electrons. The van der Waals surface area contributed by atoms with Gasteiger partial charge in [0.2, 0.25) is 0 Å². The summed E-state index contributed by atoms with van der Waals surface area (Å²) in [6, 6.07) is 0. The molecular weight excluding hydrogens is 216 g/mol. The smallest absolute Gasteiger partial charge is 0.0360 e. The summed E-state index contributed by atoms with van der Waals surface area (Å²) in [6.45, 7) is 2.56. The van der Waals surface area contributed by atoms with Gasteiger partial charge in [-0.2, -0.15) is 0 Å². The fourth-order valence-electron chi connectivity index (χ4n) is 4.49. The molecular formula is C18H34. The van der Waals surface area contributed by atoms with Crippen LogP contribution in [0.2, 0.25) is 0 Å². The van der Waals surface area contributed by atoms with E-state index in [0.717, 1.165) is 17.8 Å². The summed E-state index contributed by atoms with van der Waals surface area (Å²) in [5.41, 5.74) is 0. The van der Waals surface area contributed by atoms with Crippen LogP contribution in [0.25, 0.3) is 0 Å². The number of hydrogen-bond acceptors (Lipinski definition) is 0. The molecule has 0 saturated heterocycles. The van der Waals surface area contributed by atoms with E-state index >= 15 is 0 Å². The zero-order valence-electron chi connectivity index (χ0n) is 12.6. The molecule has 2 rings (SSSR count). The maximum atomic E-state index is 2.56. The highest BCUT2D eigenvalue weighted by Crippen LogP contribution is 2.38. The fraction of sp³-hybridized carbons (Fsp3) is 1.00. The van der Waals surface area contributed by atoms with Gasteiger partial charge in [0.1, 0.15) is 0 Å². The first kappa shape index (κ1) is 14.4. The highest BCUT2D eigenvalue weighted by atomic mass is 14.3. The van der Waals surface area contributed by atoms with Crippen LogP contribution >= 0.6 is 0 Å². The van der Waals surface area contributed by atoms with Crippen LogP contribution in [0.15, 0.2) is 0 Å². The molecule has 18 heavy (non-hydrogen) atoms. The topological polar surface area (TPSA) is 0 Å². The van der Waals surface area contributed by atoms with Crippen molar-refractivity contribution in [2.75, 3.05) is 0 Å². The van der Waals surface area contributed by atoms with E-state index in [1.807, 2.05) is 0 Å². The van der Waals surface area contributed by atoms with Gasteiger partial charge in [0.25, 0.3) is 0 Å². The van der Waals surface area contributed by atoms with E-state index in [-0.39, 0.29) is 0 Å². The number of hydrogen-bond donors (Lipinski definition) is 0. The van der Waals surface area contributed by atoms with Crippen LogP contribution in [-0.4, -0.2) is 0 Å². The Morgan fingerprint density at radius 2 is 0.944 bits per heavy atom. The third kappa shape index (κ3) is 4.59. The lowest BCUT2D eigenvalue weighted by Crippen LogP contribution is -2.23. The van der Waals surface area contributed by atoms with Gasteiger partial charge in [-0.05, 0) is 24.2 Å². The summed E-state index contributed by atoms with van der Waals surface area (Å²) in [5.74, 6) is 3.16. The van der Waals surface area contributed by atoms with Crippen molar-refractivity contribution in [2.45, 2.75) is 96.8 Å². The fourth-order valence-corrected chi connectivity index (χ4v) is 4.49. The van der Waals surface area contributed by atoms with Crippen molar-refractivity contribution in [3.05, 3.63) is 0 Å². The predicted molar refractivity (Wildman–Crippen MR) is 80.8 cm³/mol. The Morgan fingerprint density at radius 1 is 0.500 bits per heavy atom. The van der Waals surface area contributed by atoms with Gasteiger partial charge >= 0.3 is 0 Å². The zero-order valence-corrected chi connectivity index (χ0v) is 12.6. The summed E-state index contributed by atoms with van der Waals surface area (Å²) >= 11 is 0. The second-order valence-electron chi connectivity index (χ2n) is 7.09. The molecule has 0 heteroatoms. The molecule has 0 aliphatic heterocycles. The van der Waals surface area contributed by atoms with E-state index in [9.17, 15) is 0 Å². The van der Waals surface area contributed by atoms with E-state index in [1.165, 1.54) is 70.6 Å². The van der Waals surface area contributed by atoms with Crippen molar-refractivity contribution in [1.82, 2.24) is 0 Å². The Morgan fingerprint density at radius 3 is 1.56 bits per heavy atom. The average Bonchev–Trinajstić information content (AvgIpc) is 2.48. The first-order valence-electron chi connectivity index (χ1n) is 8.88. The summed E-state index contributed by atoms with van der Waals surface area (Å²) < 4.78 is 0. The standard InChI is InChI=1S/C18H34/c1-16-12-8-6-7-11-15-18(16)17-13-9-4-2-3-5-10-14-17/h16-18H,2-15H2,1H3. The van der Waals surface area contributed by atoms with E-state index in [1.54, 1.807) is 19.3 Å². The minimum absolute atomic E-state index is 1.01. The van der Waals surface area contributed by atoms with Gasteiger partial charge < -0.3 is 0 Å². The quantitative estimate of drug-likeness (QED) is 0.509. The van der Waals surface area contributed by atoms with Gasteiger partial charge in [-0.25, -0.2) is 0 Å². The second-order valence-corrected chi connectivity index (χ2v) is 7.09.